The Kier molecular flexibility index (Phi) is 5.31. The van der Waals surface area contributed by atoms with E-state index in [0.717, 1.165) is 4.47 Å². The first-order chi connectivity index (χ1) is 10.7. The number of ether oxygens (including phenoxy) is 1. The van der Waals surface area contributed by atoms with Crippen LogP contribution in [-0.4, -0.2) is 41.4 Å². The summed E-state index contributed by atoms with van der Waals surface area (Å²) < 4.78 is 6.07. The lowest BCUT2D eigenvalue weighted by molar-refractivity contribution is -0.123. The van der Waals surface area contributed by atoms with Crippen molar-refractivity contribution >= 4 is 33.6 Å². The Morgan fingerprint density at radius 1 is 1.35 bits per heavy atom. The fourth-order valence-corrected chi connectivity index (χ4v) is 2.62. The quantitative estimate of drug-likeness (QED) is 0.820. The lowest BCUT2D eigenvalue weighted by Crippen LogP contribution is -2.57. The predicted octanol–water partition coefficient (Wildman–Crippen LogP) is 2.44. The Morgan fingerprint density at radius 2 is 1.96 bits per heavy atom. The molecule has 0 aromatic heterocycles. The van der Waals surface area contributed by atoms with Gasteiger partial charge in [0.05, 0.1) is 12.6 Å². The fraction of sp³-hybridized carbons (Fsp3) is 0.500. The molecule has 2 amide bonds. The fourth-order valence-electron chi connectivity index (χ4n) is 2.36. The van der Waals surface area contributed by atoms with E-state index in [1.165, 1.54) is 4.90 Å². The number of benzene rings is 1. The van der Waals surface area contributed by atoms with Gasteiger partial charge in [0.2, 0.25) is 5.91 Å². The van der Waals surface area contributed by atoms with Crippen LogP contribution in [0.15, 0.2) is 28.7 Å². The number of anilines is 1. The van der Waals surface area contributed by atoms with E-state index in [-0.39, 0.29) is 18.9 Å². The lowest BCUT2D eigenvalue weighted by Gasteiger charge is -2.35. The van der Waals surface area contributed by atoms with Crippen LogP contribution in [0.4, 0.5) is 10.5 Å². The molecule has 23 heavy (non-hydrogen) atoms. The van der Waals surface area contributed by atoms with Crippen molar-refractivity contribution in [1.29, 1.82) is 0 Å². The number of halogens is 1. The van der Waals surface area contributed by atoms with Crippen molar-refractivity contribution in [2.24, 2.45) is 0 Å². The standard InChI is InChI=1S/C16H21BrN2O4/c1-16(2,3)23-15(22)18-13-8-12(20)9-19(14(13)21)11-6-4-10(17)5-7-11/h4-7,12-13,20H,8-9H2,1-3H3,(H,18,22)/t12-,13-/m1/s1. The van der Waals surface area contributed by atoms with E-state index in [2.05, 4.69) is 21.2 Å². The molecule has 2 N–H and O–H groups in total. The second-order valence-corrected chi connectivity index (χ2v) is 7.43. The average molecular weight is 385 g/mol. The first kappa shape index (κ1) is 17.7. The monoisotopic (exact) mass is 384 g/mol. The van der Waals surface area contributed by atoms with Crippen molar-refractivity contribution in [2.75, 3.05) is 11.4 Å². The molecule has 0 unspecified atom stereocenters. The maximum atomic E-state index is 12.6. The number of aliphatic hydroxyl groups excluding tert-OH is 1. The number of nitrogens with zero attached hydrogens (tertiary/aromatic N) is 1. The second-order valence-electron chi connectivity index (χ2n) is 6.51. The zero-order chi connectivity index (χ0) is 17.2. The number of carbonyl (C=O) groups excluding carboxylic acids is 2. The number of aliphatic hydroxyl groups is 1. The van der Waals surface area contributed by atoms with Crippen LogP contribution >= 0.6 is 15.9 Å². The topological polar surface area (TPSA) is 78.9 Å². The number of β-amino-alcohol motifs (C(OH)–C–C–N with tert-alkyl or cyclic N) is 1. The van der Waals surface area contributed by atoms with Crippen molar-refractivity contribution in [3.63, 3.8) is 0 Å². The summed E-state index contributed by atoms with van der Waals surface area (Å²) in [6.07, 6.45) is -1.21. The van der Waals surface area contributed by atoms with Gasteiger partial charge in [-0.25, -0.2) is 4.79 Å². The highest BCUT2D eigenvalue weighted by Gasteiger charge is 2.36. The molecule has 0 bridgehead atoms. The third-order valence-corrected chi connectivity index (χ3v) is 3.82. The molecular formula is C16H21BrN2O4. The summed E-state index contributed by atoms with van der Waals surface area (Å²) in [5.41, 5.74) is 0.0270. The molecule has 0 aliphatic carbocycles. The zero-order valence-electron chi connectivity index (χ0n) is 13.4. The SMILES string of the molecule is CC(C)(C)OC(=O)N[C@@H]1C[C@@H](O)CN(c2ccc(Br)cc2)C1=O. The first-order valence-electron chi connectivity index (χ1n) is 7.40. The van der Waals surface area contributed by atoms with Gasteiger partial charge in [-0.2, -0.15) is 0 Å². The molecule has 2 atom stereocenters. The summed E-state index contributed by atoms with van der Waals surface area (Å²) in [5, 5.41) is 12.6. The number of carbonyl (C=O) groups is 2. The molecule has 126 valence electrons. The summed E-state index contributed by atoms with van der Waals surface area (Å²) in [5.74, 6) is -0.261. The van der Waals surface area contributed by atoms with Crippen molar-refractivity contribution in [3.8, 4) is 0 Å². The van der Waals surface area contributed by atoms with Crippen LogP contribution < -0.4 is 10.2 Å². The van der Waals surface area contributed by atoms with Gasteiger partial charge in [0.15, 0.2) is 0 Å². The summed E-state index contributed by atoms with van der Waals surface area (Å²) >= 11 is 3.34. The third-order valence-electron chi connectivity index (χ3n) is 3.29. The number of rotatable bonds is 2. The molecule has 1 aromatic rings. The van der Waals surface area contributed by atoms with E-state index < -0.39 is 23.8 Å². The van der Waals surface area contributed by atoms with Gasteiger partial charge in [0, 0.05) is 16.6 Å². The van der Waals surface area contributed by atoms with E-state index in [0.29, 0.717) is 5.69 Å². The molecule has 1 fully saturated rings. The number of hydrogen-bond acceptors (Lipinski definition) is 4. The van der Waals surface area contributed by atoms with Crippen LogP contribution in [0.1, 0.15) is 27.2 Å². The van der Waals surface area contributed by atoms with Crippen molar-refractivity contribution in [2.45, 2.75) is 44.9 Å². The van der Waals surface area contributed by atoms with Crippen LogP contribution in [0.5, 0.6) is 0 Å². The molecule has 2 rings (SSSR count). The maximum absolute atomic E-state index is 12.6. The molecule has 1 aliphatic heterocycles. The van der Waals surface area contributed by atoms with Gasteiger partial charge < -0.3 is 20.1 Å². The Bertz CT molecular complexity index is 583. The average Bonchev–Trinajstić information content (AvgIpc) is 2.41. The number of nitrogens with one attached hydrogen (secondary N) is 1. The van der Waals surface area contributed by atoms with Crippen LogP contribution in [-0.2, 0) is 9.53 Å². The Labute approximate surface area is 143 Å². The summed E-state index contributed by atoms with van der Waals surface area (Å²) in [7, 11) is 0. The van der Waals surface area contributed by atoms with Crippen molar-refractivity contribution in [3.05, 3.63) is 28.7 Å². The summed E-state index contributed by atoms with van der Waals surface area (Å²) in [6, 6.07) is 6.40. The third kappa shape index (κ3) is 4.94. The second kappa shape index (κ2) is 6.88. The lowest BCUT2D eigenvalue weighted by atomic mass is 10.0. The van der Waals surface area contributed by atoms with Crippen LogP contribution in [0.2, 0.25) is 0 Å². The Hall–Kier alpha value is -1.60. The maximum Gasteiger partial charge on any atom is 0.408 e. The zero-order valence-corrected chi connectivity index (χ0v) is 15.0. The number of piperidine rings is 1. The minimum absolute atomic E-state index is 0.172. The van der Waals surface area contributed by atoms with E-state index in [1.807, 2.05) is 12.1 Å². The normalized spacial score (nSPS) is 22.0. The minimum Gasteiger partial charge on any atom is -0.444 e. The molecule has 1 aliphatic rings. The van der Waals surface area contributed by atoms with Gasteiger partial charge in [0.25, 0.3) is 0 Å². The van der Waals surface area contributed by atoms with Gasteiger partial charge >= 0.3 is 6.09 Å². The molecule has 6 nitrogen and oxygen atoms in total. The largest absolute Gasteiger partial charge is 0.444 e. The van der Waals surface area contributed by atoms with Gasteiger partial charge in [0.1, 0.15) is 11.6 Å². The molecule has 0 saturated carbocycles. The number of hydrogen-bond donors (Lipinski definition) is 2. The van der Waals surface area contributed by atoms with E-state index in [9.17, 15) is 14.7 Å². The van der Waals surface area contributed by atoms with Gasteiger partial charge in [-0.1, -0.05) is 15.9 Å². The van der Waals surface area contributed by atoms with Crippen LogP contribution in [0.3, 0.4) is 0 Å². The number of alkyl carbamates (subject to hydrolysis) is 1. The molecule has 1 heterocycles. The molecule has 0 spiro atoms. The highest BCUT2D eigenvalue weighted by atomic mass is 79.9. The van der Waals surface area contributed by atoms with Crippen LogP contribution in [0, 0.1) is 0 Å². The van der Waals surface area contributed by atoms with Crippen molar-refractivity contribution in [1.82, 2.24) is 5.32 Å². The molecular weight excluding hydrogens is 364 g/mol. The smallest absolute Gasteiger partial charge is 0.408 e. The molecule has 0 radical (unpaired) electrons. The predicted molar refractivity (Wildman–Crippen MR) is 90.3 cm³/mol. The molecule has 1 saturated heterocycles. The van der Waals surface area contributed by atoms with E-state index in [1.54, 1.807) is 32.9 Å². The molecule has 7 heteroatoms. The van der Waals surface area contributed by atoms with E-state index in [4.69, 9.17) is 4.74 Å². The minimum atomic E-state index is -0.808. The van der Waals surface area contributed by atoms with Gasteiger partial charge in [-0.3, -0.25) is 4.79 Å². The first-order valence-corrected chi connectivity index (χ1v) is 8.19. The van der Waals surface area contributed by atoms with Gasteiger partial charge in [-0.15, -0.1) is 0 Å². The highest BCUT2D eigenvalue weighted by Crippen LogP contribution is 2.23. The van der Waals surface area contributed by atoms with E-state index >= 15 is 0 Å². The highest BCUT2D eigenvalue weighted by molar-refractivity contribution is 9.10. The van der Waals surface area contributed by atoms with Gasteiger partial charge in [-0.05, 0) is 45.0 Å². The molecule has 1 aromatic carbocycles. The number of amides is 2. The Balaban J connectivity index is 2.11. The summed E-state index contributed by atoms with van der Waals surface area (Å²) in [4.78, 5) is 25.9. The van der Waals surface area contributed by atoms with Crippen molar-refractivity contribution < 1.29 is 19.4 Å². The Morgan fingerprint density at radius 3 is 2.52 bits per heavy atom. The van der Waals surface area contributed by atoms with Crippen LogP contribution in [0.25, 0.3) is 0 Å². The summed E-state index contributed by atoms with van der Waals surface area (Å²) in [6.45, 7) is 5.45.